The maximum Gasteiger partial charge on any atom is 0.510 e. The number of rotatable bonds is 4. The molecular weight excluding hydrogens is 396 g/mol. The van der Waals surface area contributed by atoms with Crippen LogP contribution in [0.2, 0.25) is 0 Å². The molecule has 162 valence electrons. The number of phenols is 4. The van der Waals surface area contributed by atoms with Crippen molar-refractivity contribution in [2.75, 3.05) is 6.79 Å². The minimum Gasteiger partial charge on any atom is -0.508 e. The molecule has 0 amide bonds. The molecule has 2 aromatic rings. The van der Waals surface area contributed by atoms with Gasteiger partial charge in [-0.2, -0.15) is 0 Å². The number of fused-ring (bicyclic) bond motifs is 1. The zero-order valence-electron chi connectivity index (χ0n) is 16.8. The normalized spacial score (nSPS) is 18.2. The van der Waals surface area contributed by atoms with E-state index in [0.717, 1.165) is 0 Å². The molecule has 2 unspecified atom stereocenters. The van der Waals surface area contributed by atoms with E-state index in [0.29, 0.717) is 11.1 Å². The van der Waals surface area contributed by atoms with Crippen molar-refractivity contribution in [2.24, 2.45) is 0 Å². The van der Waals surface area contributed by atoms with E-state index in [1.165, 1.54) is 24.3 Å². The summed E-state index contributed by atoms with van der Waals surface area (Å²) in [6.45, 7) is 4.67. The summed E-state index contributed by atoms with van der Waals surface area (Å²) in [5.74, 6) is -0.733. The maximum absolute atomic E-state index is 11.7. The van der Waals surface area contributed by atoms with Crippen LogP contribution in [-0.4, -0.2) is 45.1 Å². The van der Waals surface area contributed by atoms with Crippen LogP contribution < -0.4 is 4.74 Å². The van der Waals surface area contributed by atoms with Gasteiger partial charge in [-0.25, -0.2) is 4.79 Å². The summed E-state index contributed by atoms with van der Waals surface area (Å²) in [4.78, 5) is 11.7. The molecule has 0 saturated heterocycles. The first-order chi connectivity index (χ1) is 14.0. The molecule has 0 saturated carbocycles. The third-order valence-electron chi connectivity index (χ3n) is 4.34. The van der Waals surface area contributed by atoms with E-state index in [9.17, 15) is 25.2 Å². The average molecular weight is 420 g/mol. The van der Waals surface area contributed by atoms with E-state index >= 15 is 0 Å². The van der Waals surface area contributed by atoms with Gasteiger partial charge in [0.15, 0.2) is 24.4 Å². The smallest absolute Gasteiger partial charge is 0.508 e. The number of ether oxygens (including phenoxy) is 4. The minimum absolute atomic E-state index is 0.168. The van der Waals surface area contributed by atoms with E-state index in [1.807, 2.05) is 0 Å². The SMILES string of the molecule is CC(C)(C)OC(=O)OCOC1Cc2c(O)cc(O)cc2OC1c1ccc(O)c(O)c1. The Hall–Kier alpha value is -3.33. The number of carbonyl (C=O) groups is 1. The number of benzene rings is 2. The Morgan fingerprint density at radius 1 is 1.07 bits per heavy atom. The Morgan fingerprint density at radius 3 is 2.47 bits per heavy atom. The van der Waals surface area contributed by atoms with Crippen LogP contribution in [0.1, 0.15) is 38.0 Å². The summed E-state index contributed by atoms with van der Waals surface area (Å²) in [7, 11) is 0. The van der Waals surface area contributed by atoms with Crippen molar-refractivity contribution in [2.45, 2.75) is 45.0 Å². The van der Waals surface area contributed by atoms with Gasteiger partial charge < -0.3 is 39.4 Å². The molecule has 2 aromatic carbocycles. The molecule has 3 rings (SSSR count). The van der Waals surface area contributed by atoms with E-state index in [-0.39, 0.29) is 35.2 Å². The molecular formula is C21H24O9. The molecule has 9 nitrogen and oxygen atoms in total. The second-order valence-electron chi connectivity index (χ2n) is 7.86. The van der Waals surface area contributed by atoms with Crippen molar-refractivity contribution in [3.05, 3.63) is 41.5 Å². The second-order valence-corrected chi connectivity index (χ2v) is 7.86. The lowest BCUT2D eigenvalue weighted by Crippen LogP contribution is -2.34. The number of aromatic hydroxyl groups is 4. The van der Waals surface area contributed by atoms with Gasteiger partial charge >= 0.3 is 6.16 Å². The predicted molar refractivity (Wildman–Crippen MR) is 104 cm³/mol. The topological polar surface area (TPSA) is 135 Å². The Balaban J connectivity index is 1.81. The fourth-order valence-electron chi connectivity index (χ4n) is 3.04. The second kappa shape index (κ2) is 8.19. The van der Waals surface area contributed by atoms with Gasteiger partial charge in [-0.05, 0) is 38.5 Å². The molecule has 0 fully saturated rings. The third-order valence-corrected chi connectivity index (χ3v) is 4.34. The van der Waals surface area contributed by atoms with Crippen LogP contribution in [0.15, 0.2) is 30.3 Å². The Morgan fingerprint density at radius 2 is 1.80 bits per heavy atom. The molecule has 1 heterocycles. The first-order valence-electron chi connectivity index (χ1n) is 9.24. The highest BCUT2D eigenvalue weighted by atomic mass is 16.8. The molecule has 0 bridgehead atoms. The van der Waals surface area contributed by atoms with Gasteiger partial charge in [0.1, 0.15) is 29.0 Å². The summed E-state index contributed by atoms with van der Waals surface area (Å²) in [6, 6.07) is 6.70. The van der Waals surface area contributed by atoms with Crippen LogP contribution in [-0.2, 0) is 20.6 Å². The molecule has 4 N–H and O–H groups in total. The molecule has 30 heavy (non-hydrogen) atoms. The first kappa shape index (κ1) is 21.4. The summed E-state index contributed by atoms with van der Waals surface area (Å²) in [5, 5.41) is 39.3. The van der Waals surface area contributed by atoms with Crippen LogP contribution in [0, 0.1) is 0 Å². The van der Waals surface area contributed by atoms with Gasteiger partial charge in [-0.3, -0.25) is 0 Å². The molecule has 0 spiro atoms. The summed E-state index contributed by atoms with van der Waals surface area (Å²) in [6.07, 6.45) is -2.23. The average Bonchev–Trinajstić information content (AvgIpc) is 2.62. The Labute approximate surface area is 173 Å². The molecule has 2 atom stereocenters. The molecule has 0 aliphatic carbocycles. The van der Waals surface area contributed by atoms with Gasteiger partial charge in [-0.15, -0.1) is 0 Å². The number of hydrogen-bond donors (Lipinski definition) is 4. The van der Waals surface area contributed by atoms with Crippen molar-refractivity contribution >= 4 is 6.16 Å². The zero-order valence-corrected chi connectivity index (χ0v) is 16.8. The monoisotopic (exact) mass is 420 g/mol. The number of carbonyl (C=O) groups excluding carboxylic acids is 1. The van der Waals surface area contributed by atoms with Crippen molar-refractivity contribution < 1.29 is 44.2 Å². The van der Waals surface area contributed by atoms with Gasteiger partial charge in [0.2, 0.25) is 0 Å². The van der Waals surface area contributed by atoms with Crippen LogP contribution in [0.25, 0.3) is 0 Å². The standard InChI is InChI=1S/C21H24O9/c1-21(2,3)30-20(26)28-10-27-18-9-13-15(24)7-12(22)8-17(13)29-19(18)11-4-5-14(23)16(25)6-11/h4-8,18-19,22-25H,9-10H2,1-3H3. The van der Waals surface area contributed by atoms with Gasteiger partial charge in [0, 0.05) is 24.1 Å². The molecule has 0 aromatic heterocycles. The summed E-state index contributed by atoms with van der Waals surface area (Å²) >= 11 is 0. The highest BCUT2D eigenvalue weighted by molar-refractivity contribution is 5.60. The van der Waals surface area contributed by atoms with Crippen LogP contribution >= 0.6 is 0 Å². The van der Waals surface area contributed by atoms with Gasteiger partial charge in [0.05, 0.1) is 0 Å². The molecule has 0 radical (unpaired) electrons. The van der Waals surface area contributed by atoms with E-state index in [1.54, 1.807) is 26.8 Å². The van der Waals surface area contributed by atoms with Gasteiger partial charge in [-0.1, -0.05) is 6.07 Å². The fraction of sp³-hybridized carbons (Fsp3) is 0.381. The maximum atomic E-state index is 11.7. The summed E-state index contributed by atoms with van der Waals surface area (Å²) in [5.41, 5.74) is 0.166. The van der Waals surface area contributed by atoms with Crippen LogP contribution in [0.4, 0.5) is 4.79 Å². The van der Waals surface area contributed by atoms with Crippen LogP contribution in [0.5, 0.6) is 28.7 Å². The molecule has 9 heteroatoms. The van der Waals surface area contributed by atoms with Crippen LogP contribution in [0.3, 0.4) is 0 Å². The minimum atomic E-state index is -0.897. The summed E-state index contributed by atoms with van der Waals surface area (Å²) < 4.78 is 21.6. The lowest BCUT2D eigenvalue weighted by molar-refractivity contribution is -0.121. The van der Waals surface area contributed by atoms with E-state index in [4.69, 9.17) is 18.9 Å². The number of hydrogen-bond acceptors (Lipinski definition) is 9. The largest absolute Gasteiger partial charge is 0.510 e. The lowest BCUT2D eigenvalue weighted by atomic mass is 9.93. The fourth-order valence-corrected chi connectivity index (χ4v) is 3.04. The van der Waals surface area contributed by atoms with Gasteiger partial charge in [0.25, 0.3) is 0 Å². The quantitative estimate of drug-likeness (QED) is 0.333. The van der Waals surface area contributed by atoms with E-state index < -0.39 is 30.8 Å². The van der Waals surface area contributed by atoms with E-state index in [2.05, 4.69) is 0 Å². The lowest BCUT2D eigenvalue weighted by Gasteiger charge is -2.34. The highest BCUT2D eigenvalue weighted by Gasteiger charge is 2.35. The van der Waals surface area contributed by atoms with Crippen molar-refractivity contribution in [1.29, 1.82) is 0 Å². The van der Waals surface area contributed by atoms with Crippen molar-refractivity contribution in [3.63, 3.8) is 0 Å². The Kier molecular flexibility index (Phi) is 5.84. The highest BCUT2D eigenvalue weighted by Crippen LogP contribution is 2.43. The molecule has 1 aliphatic heterocycles. The Bertz CT molecular complexity index is 933. The van der Waals surface area contributed by atoms with Crippen molar-refractivity contribution in [1.82, 2.24) is 0 Å². The predicted octanol–water partition coefficient (Wildman–Crippen LogP) is 3.48. The van der Waals surface area contributed by atoms with Crippen molar-refractivity contribution in [3.8, 4) is 28.7 Å². The molecule has 1 aliphatic rings. The number of phenolic OH excluding ortho intramolecular Hbond substituents is 4. The third kappa shape index (κ3) is 4.98. The zero-order chi connectivity index (χ0) is 22.1. The first-order valence-corrected chi connectivity index (χ1v) is 9.24.